The van der Waals surface area contributed by atoms with Crippen molar-refractivity contribution in [1.29, 1.82) is 0 Å². The first-order valence-corrected chi connectivity index (χ1v) is 12.2. The number of nitrogens with one attached hydrogen (secondary N) is 2. The van der Waals surface area contributed by atoms with Gasteiger partial charge in [-0.3, -0.25) is 9.59 Å². The van der Waals surface area contributed by atoms with Crippen molar-refractivity contribution in [2.75, 3.05) is 18.4 Å². The number of carbonyl (C=O) groups excluding carboxylic acids is 2. The molecule has 0 bridgehead atoms. The molecule has 0 unspecified atom stereocenters. The first-order chi connectivity index (χ1) is 15.0. The summed E-state index contributed by atoms with van der Waals surface area (Å²) in [5.74, 6) is -1.00. The zero-order valence-electron chi connectivity index (χ0n) is 19.6. The topological polar surface area (TPSA) is 95.6 Å². The van der Waals surface area contributed by atoms with Crippen LogP contribution in [-0.2, 0) is 14.8 Å². The maximum atomic E-state index is 12.9. The molecule has 2 aromatic rings. The van der Waals surface area contributed by atoms with Crippen LogP contribution < -0.4 is 10.6 Å². The Hall–Kier alpha value is -2.71. The molecule has 0 aliphatic carbocycles. The van der Waals surface area contributed by atoms with Crippen molar-refractivity contribution >= 4 is 27.5 Å². The van der Waals surface area contributed by atoms with Crippen molar-refractivity contribution in [1.82, 2.24) is 9.62 Å². The molecule has 0 aromatic heterocycles. The SMILES string of the molecule is CCN(CC)S(=O)(=O)c1cccc(C(=O)N[C@H](C(=O)Nc2ccc(C)cc2C)C(C)C)c1. The maximum absolute atomic E-state index is 12.9. The van der Waals surface area contributed by atoms with Gasteiger partial charge in [0, 0.05) is 24.3 Å². The van der Waals surface area contributed by atoms with Crippen molar-refractivity contribution in [2.45, 2.75) is 52.5 Å². The number of rotatable bonds is 9. The van der Waals surface area contributed by atoms with Crippen LogP contribution in [0.15, 0.2) is 47.4 Å². The van der Waals surface area contributed by atoms with Crippen molar-refractivity contribution in [3.63, 3.8) is 0 Å². The summed E-state index contributed by atoms with van der Waals surface area (Å²) in [5, 5.41) is 5.65. The second kappa shape index (κ2) is 10.7. The average molecular weight is 460 g/mol. The molecule has 0 radical (unpaired) electrons. The van der Waals surface area contributed by atoms with Gasteiger partial charge in [0.2, 0.25) is 15.9 Å². The Kier molecular flexibility index (Phi) is 8.58. The molecule has 2 amide bonds. The normalized spacial score (nSPS) is 12.6. The molecule has 0 aliphatic heterocycles. The number of carbonyl (C=O) groups is 2. The van der Waals surface area contributed by atoms with Gasteiger partial charge >= 0.3 is 0 Å². The molecule has 7 nitrogen and oxygen atoms in total. The molecule has 0 heterocycles. The van der Waals surface area contributed by atoms with Crippen LogP contribution in [0.25, 0.3) is 0 Å². The Morgan fingerprint density at radius 1 is 1.00 bits per heavy atom. The number of nitrogens with zero attached hydrogens (tertiary/aromatic N) is 1. The van der Waals surface area contributed by atoms with Crippen LogP contribution in [0.5, 0.6) is 0 Å². The van der Waals surface area contributed by atoms with E-state index in [1.807, 2.05) is 45.9 Å². The number of aryl methyl sites for hydroxylation is 2. The molecule has 8 heteroatoms. The van der Waals surface area contributed by atoms with Gasteiger partial charge in [-0.05, 0) is 49.6 Å². The minimum atomic E-state index is -3.69. The summed E-state index contributed by atoms with van der Waals surface area (Å²) in [6.07, 6.45) is 0. The smallest absolute Gasteiger partial charge is 0.251 e. The van der Waals surface area contributed by atoms with E-state index in [9.17, 15) is 18.0 Å². The lowest BCUT2D eigenvalue weighted by molar-refractivity contribution is -0.118. The van der Waals surface area contributed by atoms with Crippen molar-refractivity contribution < 1.29 is 18.0 Å². The van der Waals surface area contributed by atoms with E-state index < -0.39 is 22.0 Å². The minimum Gasteiger partial charge on any atom is -0.340 e. The van der Waals surface area contributed by atoms with Gasteiger partial charge in [-0.1, -0.05) is 51.5 Å². The van der Waals surface area contributed by atoms with Gasteiger partial charge < -0.3 is 10.6 Å². The summed E-state index contributed by atoms with van der Waals surface area (Å²) in [7, 11) is -3.69. The van der Waals surface area contributed by atoms with E-state index in [1.165, 1.54) is 28.6 Å². The van der Waals surface area contributed by atoms with E-state index in [1.54, 1.807) is 13.8 Å². The number of hydrogen-bond acceptors (Lipinski definition) is 4. The van der Waals surface area contributed by atoms with E-state index in [4.69, 9.17) is 0 Å². The van der Waals surface area contributed by atoms with E-state index in [-0.39, 0.29) is 22.3 Å². The summed E-state index contributed by atoms with van der Waals surface area (Å²) < 4.78 is 26.9. The quantitative estimate of drug-likeness (QED) is 0.597. The van der Waals surface area contributed by atoms with Gasteiger partial charge in [-0.15, -0.1) is 0 Å². The van der Waals surface area contributed by atoms with Crippen LogP contribution in [0, 0.1) is 19.8 Å². The van der Waals surface area contributed by atoms with Gasteiger partial charge in [0.05, 0.1) is 4.90 Å². The first-order valence-electron chi connectivity index (χ1n) is 10.8. The molecule has 0 saturated carbocycles. The molecule has 1 atom stereocenters. The van der Waals surface area contributed by atoms with E-state index in [2.05, 4.69) is 10.6 Å². The summed E-state index contributed by atoms with van der Waals surface area (Å²) in [6.45, 7) is 11.8. The molecule has 174 valence electrons. The van der Waals surface area contributed by atoms with Crippen molar-refractivity contribution in [3.8, 4) is 0 Å². The van der Waals surface area contributed by atoms with Gasteiger partial charge in [0.25, 0.3) is 5.91 Å². The van der Waals surface area contributed by atoms with Crippen LogP contribution in [0.2, 0.25) is 0 Å². The molecule has 0 spiro atoms. The third-order valence-corrected chi connectivity index (χ3v) is 7.36. The lowest BCUT2D eigenvalue weighted by atomic mass is 10.0. The number of anilines is 1. The summed E-state index contributed by atoms with van der Waals surface area (Å²) in [4.78, 5) is 25.9. The Bertz CT molecular complexity index is 1080. The molecule has 2 aromatic carbocycles. The minimum absolute atomic E-state index is 0.0506. The van der Waals surface area contributed by atoms with Gasteiger partial charge in [-0.2, -0.15) is 4.31 Å². The molecule has 2 rings (SSSR count). The fourth-order valence-electron chi connectivity index (χ4n) is 3.43. The first kappa shape index (κ1) is 25.5. The highest BCUT2D eigenvalue weighted by atomic mass is 32.2. The van der Waals surface area contributed by atoms with E-state index in [0.717, 1.165) is 11.1 Å². The van der Waals surface area contributed by atoms with Crippen LogP contribution in [-0.4, -0.2) is 43.7 Å². The molecule has 0 fully saturated rings. The second-order valence-electron chi connectivity index (χ2n) is 8.12. The third kappa shape index (κ3) is 5.95. The predicted octanol–water partition coefficient (Wildman–Crippen LogP) is 3.73. The largest absolute Gasteiger partial charge is 0.340 e. The maximum Gasteiger partial charge on any atom is 0.251 e. The van der Waals surface area contributed by atoms with Crippen LogP contribution in [0.1, 0.15) is 49.2 Å². The zero-order chi connectivity index (χ0) is 24.1. The molecule has 0 aliphatic rings. The number of sulfonamides is 1. The average Bonchev–Trinajstić information content (AvgIpc) is 2.74. The highest BCUT2D eigenvalue weighted by Gasteiger charge is 2.27. The van der Waals surface area contributed by atoms with Crippen molar-refractivity contribution in [2.24, 2.45) is 5.92 Å². The molecule has 0 saturated heterocycles. The fourth-order valence-corrected chi connectivity index (χ4v) is 4.94. The predicted molar refractivity (Wildman–Crippen MR) is 127 cm³/mol. The number of hydrogen-bond donors (Lipinski definition) is 2. The molecule has 2 N–H and O–H groups in total. The zero-order valence-corrected chi connectivity index (χ0v) is 20.4. The Labute approximate surface area is 191 Å². The second-order valence-corrected chi connectivity index (χ2v) is 10.1. The highest BCUT2D eigenvalue weighted by Crippen LogP contribution is 2.19. The van der Waals surface area contributed by atoms with Gasteiger partial charge in [0.1, 0.15) is 6.04 Å². The van der Waals surface area contributed by atoms with Crippen molar-refractivity contribution in [3.05, 3.63) is 59.2 Å². The molecular weight excluding hydrogens is 426 g/mol. The van der Waals surface area contributed by atoms with Gasteiger partial charge in [0.15, 0.2) is 0 Å². The van der Waals surface area contributed by atoms with E-state index in [0.29, 0.717) is 18.8 Å². The van der Waals surface area contributed by atoms with Crippen LogP contribution in [0.3, 0.4) is 0 Å². The van der Waals surface area contributed by atoms with E-state index >= 15 is 0 Å². The molecule has 32 heavy (non-hydrogen) atoms. The summed E-state index contributed by atoms with van der Waals surface area (Å²) in [5.41, 5.74) is 2.89. The Morgan fingerprint density at radius 2 is 1.66 bits per heavy atom. The monoisotopic (exact) mass is 459 g/mol. The van der Waals surface area contributed by atoms with Crippen LogP contribution in [0.4, 0.5) is 5.69 Å². The Balaban J connectivity index is 2.24. The third-order valence-electron chi connectivity index (χ3n) is 5.31. The lowest BCUT2D eigenvalue weighted by Gasteiger charge is -2.23. The molecular formula is C24H33N3O4S. The fraction of sp³-hybridized carbons (Fsp3) is 0.417. The summed E-state index contributed by atoms with van der Waals surface area (Å²) >= 11 is 0. The standard InChI is InChI=1S/C24H33N3O4S/c1-7-27(8-2)32(30,31)20-11-9-10-19(15-20)23(28)26-22(16(3)4)24(29)25-21-13-12-17(5)14-18(21)6/h9-16,22H,7-8H2,1-6H3,(H,25,29)(H,26,28)/t22-/m0/s1. The highest BCUT2D eigenvalue weighted by molar-refractivity contribution is 7.89. The summed E-state index contributed by atoms with van der Waals surface area (Å²) in [6, 6.07) is 10.8. The number of amides is 2. The number of benzene rings is 2. The Morgan fingerprint density at radius 3 is 2.22 bits per heavy atom. The van der Waals surface area contributed by atoms with Crippen LogP contribution >= 0.6 is 0 Å². The lowest BCUT2D eigenvalue weighted by Crippen LogP contribution is -2.47. The van der Waals surface area contributed by atoms with Gasteiger partial charge in [-0.25, -0.2) is 8.42 Å².